The van der Waals surface area contributed by atoms with Gasteiger partial charge in [-0.1, -0.05) is 53.5 Å². The van der Waals surface area contributed by atoms with Crippen molar-refractivity contribution >= 4 is 23.2 Å². The molecule has 0 amide bonds. The Bertz CT molecular complexity index is 565. The minimum atomic E-state index is 0.265. The summed E-state index contributed by atoms with van der Waals surface area (Å²) in [6, 6.07) is 11.7. The highest BCUT2D eigenvalue weighted by molar-refractivity contribution is 6.33. The van der Waals surface area contributed by atoms with Crippen LogP contribution in [-0.4, -0.2) is 16.1 Å². The fraction of sp³-hybridized carbons (Fsp3) is 0.333. The summed E-state index contributed by atoms with van der Waals surface area (Å²) in [4.78, 5) is 8.45. The number of aromatic nitrogens is 2. The summed E-state index contributed by atoms with van der Waals surface area (Å²) in [6.07, 6.45) is 2.11. The van der Waals surface area contributed by atoms with Gasteiger partial charge in [0.1, 0.15) is 16.1 Å². The standard InChI is InChI=1S/C15H14Cl2N2O/c16-13-8-14(17)19-15(18-13)11-6-12(7-11)20-9-10-4-2-1-3-5-10/h1-5,8,11-12H,6-7,9H2. The van der Waals surface area contributed by atoms with E-state index in [9.17, 15) is 0 Å². The summed E-state index contributed by atoms with van der Waals surface area (Å²) in [6.45, 7) is 0.648. The zero-order valence-corrected chi connectivity index (χ0v) is 12.3. The van der Waals surface area contributed by atoms with E-state index < -0.39 is 0 Å². The molecule has 0 N–H and O–H groups in total. The maximum atomic E-state index is 5.89. The van der Waals surface area contributed by atoms with Crippen molar-refractivity contribution < 1.29 is 4.74 Å². The predicted molar refractivity (Wildman–Crippen MR) is 79.0 cm³/mol. The highest BCUT2D eigenvalue weighted by Gasteiger charge is 2.33. The van der Waals surface area contributed by atoms with Gasteiger partial charge >= 0.3 is 0 Å². The Morgan fingerprint density at radius 3 is 2.35 bits per heavy atom. The monoisotopic (exact) mass is 308 g/mol. The molecular weight excluding hydrogens is 295 g/mol. The molecule has 0 unspecified atom stereocenters. The van der Waals surface area contributed by atoms with Crippen molar-refractivity contribution in [3.63, 3.8) is 0 Å². The van der Waals surface area contributed by atoms with Gasteiger partial charge in [0, 0.05) is 12.0 Å². The molecule has 0 radical (unpaired) electrons. The fourth-order valence-electron chi connectivity index (χ4n) is 2.29. The van der Waals surface area contributed by atoms with Crippen LogP contribution in [0.15, 0.2) is 36.4 Å². The molecule has 5 heteroatoms. The van der Waals surface area contributed by atoms with Crippen LogP contribution in [0.3, 0.4) is 0 Å². The SMILES string of the molecule is Clc1cc(Cl)nc(C2CC(OCc3ccccc3)C2)n1. The Morgan fingerprint density at radius 2 is 1.70 bits per heavy atom. The molecule has 0 bridgehead atoms. The fourth-order valence-corrected chi connectivity index (χ4v) is 2.73. The number of benzene rings is 1. The average Bonchev–Trinajstić information content (AvgIpc) is 2.37. The van der Waals surface area contributed by atoms with Gasteiger partial charge in [-0.2, -0.15) is 0 Å². The lowest BCUT2D eigenvalue weighted by molar-refractivity contribution is -0.0223. The lowest BCUT2D eigenvalue weighted by Crippen LogP contribution is -2.30. The molecule has 1 heterocycles. The zero-order valence-electron chi connectivity index (χ0n) is 10.8. The first-order chi connectivity index (χ1) is 9.70. The van der Waals surface area contributed by atoms with Gasteiger partial charge in [0.05, 0.1) is 12.7 Å². The third-order valence-electron chi connectivity index (χ3n) is 3.47. The second-order valence-electron chi connectivity index (χ2n) is 4.96. The Labute approximate surface area is 127 Å². The molecule has 0 atom stereocenters. The Kier molecular flexibility index (Phi) is 4.20. The van der Waals surface area contributed by atoms with Crippen molar-refractivity contribution in [1.29, 1.82) is 0 Å². The van der Waals surface area contributed by atoms with Crippen molar-refractivity contribution in [2.24, 2.45) is 0 Å². The predicted octanol–water partition coefficient (Wildman–Crippen LogP) is 4.25. The minimum Gasteiger partial charge on any atom is -0.373 e. The smallest absolute Gasteiger partial charge is 0.135 e. The molecule has 0 saturated heterocycles. The first-order valence-corrected chi connectivity index (χ1v) is 7.32. The van der Waals surface area contributed by atoms with E-state index in [0.717, 1.165) is 18.7 Å². The van der Waals surface area contributed by atoms with Crippen LogP contribution >= 0.6 is 23.2 Å². The van der Waals surface area contributed by atoms with Crippen LogP contribution in [0.25, 0.3) is 0 Å². The number of hydrogen-bond acceptors (Lipinski definition) is 3. The van der Waals surface area contributed by atoms with E-state index >= 15 is 0 Å². The topological polar surface area (TPSA) is 35.0 Å². The Morgan fingerprint density at radius 1 is 1.05 bits per heavy atom. The van der Waals surface area contributed by atoms with E-state index in [4.69, 9.17) is 27.9 Å². The molecule has 2 aromatic rings. The quantitative estimate of drug-likeness (QED) is 0.792. The molecule has 1 fully saturated rings. The van der Waals surface area contributed by atoms with Crippen molar-refractivity contribution in [3.05, 3.63) is 58.1 Å². The first kappa shape index (κ1) is 13.8. The molecule has 1 aliphatic rings. The minimum absolute atomic E-state index is 0.265. The number of halogens is 2. The summed E-state index contributed by atoms with van der Waals surface area (Å²) >= 11 is 11.8. The third-order valence-corrected chi connectivity index (χ3v) is 3.86. The van der Waals surface area contributed by atoms with Gasteiger partial charge in [0.25, 0.3) is 0 Å². The molecular formula is C15H14Cl2N2O. The molecule has 1 aliphatic carbocycles. The van der Waals surface area contributed by atoms with Crippen LogP contribution in [0.2, 0.25) is 10.3 Å². The second-order valence-corrected chi connectivity index (χ2v) is 5.73. The van der Waals surface area contributed by atoms with E-state index in [1.165, 1.54) is 5.56 Å². The maximum Gasteiger partial charge on any atom is 0.135 e. The van der Waals surface area contributed by atoms with Crippen molar-refractivity contribution in [1.82, 2.24) is 9.97 Å². The van der Waals surface area contributed by atoms with E-state index in [1.54, 1.807) is 6.07 Å². The first-order valence-electron chi connectivity index (χ1n) is 6.56. The summed E-state index contributed by atoms with van der Waals surface area (Å²) in [5.41, 5.74) is 1.19. The van der Waals surface area contributed by atoms with Gasteiger partial charge in [-0.15, -0.1) is 0 Å². The van der Waals surface area contributed by atoms with Crippen LogP contribution in [0, 0.1) is 0 Å². The summed E-state index contributed by atoms with van der Waals surface area (Å²) in [5, 5.41) is 0.794. The van der Waals surface area contributed by atoms with E-state index in [0.29, 0.717) is 22.8 Å². The van der Waals surface area contributed by atoms with Crippen LogP contribution in [0.1, 0.15) is 30.1 Å². The van der Waals surface area contributed by atoms with E-state index in [1.807, 2.05) is 18.2 Å². The van der Waals surface area contributed by atoms with Crippen molar-refractivity contribution in [3.8, 4) is 0 Å². The highest BCUT2D eigenvalue weighted by atomic mass is 35.5. The van der Waals surface area contributed by atoms with Gasteiger partial charge in [-0.25, -0.2) is 9.97 Å². The number of hydrogen-bond donors (Lipinski definition) is 0. The zero-order chi connectivity index (χ0) is 13.9. The second kappa shape index (κ2) is 6.08. The van der Waals surface area contributed by atoms with Crippen molar-refractivity contribution in [2.45, 2.75) is 31.5 Å². The molecule has 1 aromatic heterocycles. The number of ether oxygens (including phenoxy) is 1. The van der Waals surface area contributed by atoms with Gasteiger partial charge in [0.15, 0.2) is 0 Å². The van der Waals surface area contributed by atoms with E-state index in [-0.39, 0.29) is 6.10 Å². The molecule has 3 nitrogen and oxygen atoms in total. The Hall–Kier alpha value is -1.16. The Balaban J connectivity index is 1.51. The van der Waals surface area contributed by atoms with Gasteiger partial charge in [-0.05, 0) is 18.4 Å². The normalized spacial score (nSPS) is 21.5. The molecule has 0 spiro atoms. The molecule has 20 heavy (non-hydrogen) atoms. The van der Waals surface area contributed by atoms with Crippen LogP contribution in [0.4, 0.5) is 0 Å². The highest BCUT2D eigenvalue weighted by Crippen LogP contribution is 2.38. The maximum absolute atomic E-state index is 5.89. The van der Waals surface area contributed by atoms with Crippen molar-refractivity contribution in [2.75, 3.05) is 0 Å². The molecule has 0 aliphatic heterocycles. The van der Waals surface area contributed by atoms with Gasteiger partial charge in [0.2, 0.25) is 0 Å². The summed E-state index contributed by atoms with van der Waals surface area (Å²) in [5.74, 6) is 1.02. The number of rotatable bonds is 4. The third kappa shape index (κ3) is 3.29. The van der Waals surface area contributed by atoms with E-state index in [2.05, 4.69) is 22.1 Å². The van der Waals surface area contributed by atoms with Gasteiger partial charge < -0.3 is 4.74 Å². The molecule has 104 valence electrons. The molecule has 1 aromatic carbocycles. The van der Waals surface area contributed by atoms with Crippen LogP contribution in [-0.2, 0) is 11.3 Å². The largest absolute Gasteiger partial charge is 0.373 e. The molecule has 1 saturated carbocycles. The van der Waals surface area contributed by atoms with Crippen LogP contribution < -0.4 is 0 Å². The lowest BCUT2D eigenvalue weighted by atomic mass is 9.81. The lowest BCUT2D eigenvalue weighted by Gasteiger charge is -2.34. The van der Waals surface area contributed by atoms with Crippen LogP contribution in [0.5, 0.6) is 0 Å². The van der Waals surface area contributed by atoms with Gasteiger partial charge in [-0.3, -0.25) is 0 Å². The summed E-state index contributed by atoms with van der Waals surface area (Å²) < 4.78 is 5.85. The summed E-state index contributed by atoms with van der Waals surface area (Å²) in [7, 11) is 0. The molecule has 3 rings (SSSR count). The number of nitrogens with zero attached hydrogens (tertiary/aromatic N) is 2. The average molecular weight is 309 g/mol.